The maximum Gasteiger partial charge on any atom is 0.270 e. The Bertz CT molecular complexity index is 1400. The molecule has 0 bridgehead atoms. The van der Waals surface area contributed by atoms with Crippen LogP contribution in [-0.2, 0) is 6.42 Å². The minimum absolute atomic E-state index is 0.285. The lowest BCUT2D eigenvalue weighted by Gasteiger charge is -2.14. The normalized spacial score (nSPS) is 12.0. The van der Waals surface area contributed by atoms with Crippen molar-refractivity contribution in [1.29, 1.82) is 0 Å². The van der Waals surface area contributed by atoms with Crippen molar-refractivity contribution in [2.75, 3.05) is 0 Å². The Morgan fingerprint density at radius 3 is 2.51 bits per heavy atom. The van der Waals surface area contributed by atoms with Gasteiger partial charge in [0.1, 0.15) is 5.69 Å². The van der Waals surface area contributed by atoms with Crippen LogP contribution in [0.3, 0.4) is 0 Å². The van der Waals surface area contributed by atoms with Gasteiger partial charge in [-0.3, -0.25) is 9.97 Å². The number of nitrogens with one attached hydrogen (secondary N) is 1. The third kappa shape index (κ3) is 8.22. The highest BCUT2D eigenvalue weighted by Gasteiger charge is 2.24. The number of rotatable bonds is 10. The van der Waals surface area contributed by atoms with Crippen LogP contribution in [0.5, 0.6) is 0 Å². The van der Waals surface area contributed by atoms with E-state index in [1.807, 2.05) is 42.5 Å². The molecule has 0 unspecified atom stereocenters. The standard InChI is InChI=1S/C31H28F2N4/c1-6-8-30(15-22(3)31(5,32)33)37-23(4)16-29-12-11-26(21-36-29)27-17-25(19-34-20-27)10-9-24-13-14-35-28(7-2)18-24/h2,6,8-15,17-21,37H,3-4,16H2,1,5H3/b8-6-,10-9+,30-15+. The summed E-state index contributed by atoms with van der Waals surface area (Å²) in [7, 11) is 0. The van der Waals surface area contributed by atoms with Crippen molar-refractivity contribution in [3.63, 3.8) is 0 Å². The number of hydrogen-bond donors (Lipinski definition) is 1. The van der Waals surface area contributed by atoms with E-state index >= 15 is 0 Å². The zero-order valence-corrected chi connectivity index (χ0v) is 20.9. The van der Waals surface area contributed by atoms with Crippen LogP contribution in [0.25, 0.3) is 23.3 Å². The first-order chi connectivity index (χ1) is 17.7. The Kier molecular flexibility index (Phi) is 9.01. The lowest BCUT2D eigenvalue weighted by atomic mass is 10.1. The van der Waals surface area contributed by atoms with Crippen molar-refractivity contribution in [1.82, 2.24) is 20.3 Å². The van der Waals surface area contributed by atoms with E-state index < -0.39 is 5.92 Å². The second-order valence-electron chi connectivity index (χ2n) is 8.42. The second kappa shape index (κ2) is 12.4. The third-order valence-electron chi connectivity index (χ3n) is 5.27. The van der Waals surface area contributed by atoms with Gasteiger partial charge in [0.2, 0.25) is 0 Å². The molecule has 6 heteroatoms. The Balaban J connectivity index is 1.68. The summed E-state index contributed by atoms with van der Waals surface area (Å²) < 4.78 is 27.0. The van der Waals surface area contributed by atoms with Crippen molar-refractivity contribution in [3.05, 3.63) is 126 Å². The molecule has 0 spiro atoms. The molecule has 186 valence electrons. The first-order valence-corrected chi connectivity index (χ1v) is 11.6. The summed E-state index contributed by atoms with van der Waals surface area (Å²) in [5, 5.41) is 3.07. The molecule has 0 saturated carbocycles. The summed E-state index contributed by atoms with van der Waals surface area (Å²) >= 11 is 0. The Hall–Kier alpha value is -4.63. The summed E-state index contributed by atoms with van der Waals surface area (Å²) in [6, 6.07) is 9.61. The lowest BCUT2D eigenvalue weighted by Crippen LogP contribution is -2.16. The summed E-state index contributed by atoms with van der Waals surface area (Å²) in [5.74, 6) is -0.471. The fourth-order valence-corrected chi connectivity index (χ4v) is 3.32. The van der Waals surface area contributed by atoms with Gasteiger partial charge >= 0.3 is 0 Å². The van der Waals surface area contributed by atoms with Crippen LogP contribution in [0.2, 0.25) is 0 Å². The summed E-state index contributed by atoms with van der Waals surface area (Å²) in [6.45, 7) is 10.1. The van der Waals surface area contributed by atoms with Crippen LogP contribution < -0.4 is 5.32 Å². The average molecular weight is 495 g/mol. The van der Waals surface area contributed by atoms with Gasteiger partial charge in [-0.05, 0) is 54.5 Å². The quantitative estimate of drug-likeness (QED) is 0.243. The van der Waals surface area contributed by atoms with Crippen LogP contribution >= 0.6 is 0 Å². The number of terminal acetylenes is 1. The van der Waals surface area contributed by atoms with Gasteiger partial charge in [0.15, 0.2) is 0 Å². The topological polar surface area (TPSA) is 50.7 Å². The Morgan fingerprint density at radius 2 is 1.84 bits per heavy atom. The molecule has 0 aromatic carbocycles. The van der Waals surface area contributed by atoms with Crippen molar-refractivity contribution < 1.29 is 8.78 Å². The van der Waals surface area contributed by atoms with Crippen molar-refractivity contribution in [3.8, 4) is 23.5 Å². The van der Waals surface area contributed by atoms with Gasteiger partial charge in [-0.25, -0.2) is 13.8 Å². The molecule has 0 aliphatic rings. The molecule has 3 aromatic rings. The monoisotopic (exact) mass is 494 g/mol. The fourth-order valence-electron chi connectivity index (χ4n) is 3.32. The van der Waals surface area contributed by atoms with Crippen LogP contribution in [0.1, 0.15) is 36.4 Å². The predicted octanol–water partition coefficient (Wildman–Crippen LogP) is 7.01. The number of aromatic nitrogens is 3. The highest BCUT2D eigenvalue weighted by Crippen LogP contribution is 2.24. The fraction of sp³-hybridized carbons (Fsp3) is 0.129. The van der Waals surface area contributed by atoms with Gasteiger partial charge < -0.3 is 5.32 Å². The molecule has 0 aliphatic carbocycles. The van der Waals surface area contributed by atoms with Crippen LogP contribution in [0.4, 0.5) is 8.78 Å². The minimum atomic E-state index is -3.00. The second-order valence-corrected chi connectivity index (χ2v) is 8.42. The molecule has 0 aliphatic heterocycles. The van der Waals surface area contributed by atoms with Gasteiger partial charge in [-0.1, -0.05) is 43.4 Å². The van der Waals surface area contributed by atoms with Gasteiger partial charge in [-0.2, -0.15) is 0 Å². The predicted molar refractivity (Wildman–Crippen MR) is 147 cm³/mol. The molecule has 3 heterocycles. The minimum Gasteiger partial charge on any atom is -0.359 e. The number of hydrogen-bond acceptors (Lipinski definition) is 4. The molecule has 3 aromatic heterocycles. The zero-order chi connectivity index (χ0) is 26.8. The van der Waals surface area contributed by atoms with E-state index in [1.54, 1.807) is 43.9 Å². The van der Waals surface area contributed by atoms with E-state index in [-0.39, 0.29) is 5.57 Å². The highest BCUT2D eigenvalue weighted by atomic mass is 19.3. The zero-order valence-electron chi connectivity index (χ0n) is 20.9. The lowest BCUT2D eigenvalue weighted by molar-refractivity contribution is 0.0679. The molecule has 1 N–H and O–H groups in total. The Labute approximate surface area is 216 Å². The van der Waals surface area contributed by atoms with Crippen LogP contribution in [0.15, 0.2) is 103 Å². The van der Waals surface area contributed by atoms with Gasteiger partial charge in [0.25, 0.3) is 5.92 Å². The molecule has 0 radical (unpaired) electrons. The van der Waals surface area contributed by atoms with Crippen molar-refractivity contribution in [2.45, 2.75) is 26.2 Å². The molecular weight excluding hydrogens is 466 g/mol. The van der Waals surface area contributed by atoms with E-state index in [2.05, 4.69) is 39.3 Å². The van der Waals surface area contributed by atoms with E-state index in [1.165, 1.54) is 6.08 Å². The first-order valence-electron chi connectivity index (χ1n) is 11.6. The van der Waals surface area contributed by atoms with Gasteiger partial charge in [-0.15, -0.1) is 6.42 Å². The van der Waals surface area contributed by atoms with E-state index in [9.17, 15) is 8.78 Å². The molecule has 37 heavy (non-hydrogen) atoms. The third-order valence-corrected chi connectivity index (χ3v) is 5.27. The number of alkyl halides is 2. The van der Waals surface area contributed by atoms with Gasteiger partial charge in [0.05, 0.1) is 0 Å². The van der Waals surface area contributed by atoms with Gasteiger partial charge in [0, 0.05) is 71.9 Å². The summed E-state index contributed by atoms with van der Waals surface area (Å²) in [5.41, 5.74) is 5.91. The van der Waals surface area contributed by atoms with E-state index in [4.69, 9.17) is 6.42 Å². The molecule has 0 fully saturated rings. The maximum absolute atomic E-state index is 13.5. The van der Waals surface area contributed by atoms with E-state index in [0.717, 1.165) is 34.9 Å². The first kappa shape index (κ1) is 27.0. The number of halogens is 2. The SMILES string of the molecule is C#Cc1cc(/C=C/c2cncc(-c3ccc(CC(=C)NC(/C=C\C)=C/C(=C)C(C)(F)F)nc3)c2)ccn1. The summed E-state index contributed by atoms with van der Waals surface area (Å²) in [4.78, 5) is 13.0. The summed E-state index contributed by atoms with van der Waals surface area (Å²) in [6.07, 6.45) is 21.5. The molecular formula is C31H28F2N4. The van der Waals surface area contributed by atoms with Crippen molar-refractivity contribution >= 4 is 12.2 Å². The average Bonchev–Trinajstić information content (AvgIpc) is 2.87. The van der Waals surface area contributed by atoms with E-state index in [0.29, 0.717) is 23.5 Å². The Morgan fingerprint density at radius 1 is 1.05 bits per heavy atom. The van der Waals surface area contributed by atoms with Crippen molar-refractivity contribution in [2.24, 2.45) is 0 Å². The highest BCUT2D eigenvalue weighted by molar-refractivity contribution is 5.73. The number of nitrogens with zero attached hydrogens (tertiary/aromatic N) is 3. The number of allylic oxidation sites excluding steroid dienone is 5. The molecule has 3 rings (SSSR count). The maximum atomic E-state index is 13.5. The number of pyridine rings is 3. The molecule has 0 saturated heterocycles. The van der Waals surface area contributed by atoms with Crippen LogP contribution in [-0.4, -0.2) is 20.9 Å². The smallest absolute Gasteiger partial charge is 0.270 e. The molecule has 4 nitrogen and oxygen atoms in total. The molecule has 0 amide bonds. The largest absolute Gasteiger partial charge is 0.359 e. The molecule has 0 atom stereocenters. The van der Waals surface area contributed by atoms with Crippen LogP contribution in [0, 0.1) is 12.3 Å².